The van der Waals surface area contributed by atoms with E-state index in [-0.39, 0.29) is 5.91 Å². The first-order valence-corrected chi connectivity index (χ1v) is 7.93. The number of anilines is 1. The van der Waals surface area contributed by atoms with Crippen LogP contribution in [0.1, 0.15) is 21.5 Å². The van der Waals surface area contributed by atoms with Gasteiger partial charge in [-0.1, -0.05) is 12.1 Å². The fourth-order valence-electron chi connectivity index (χ4n) is 2.20. The van der Waals surface area contributed by atoms with Gasteiger partial charge in [0, 0.05) is 11.6 Å². The molecule has 2 aromatic rings. The summed E-state index contributed by atoms with van der Waals surface area (Å²) in [6.07, 6.45) is 2.97. The second kappa shape index (κ2) is 7.65. The summed E-state index contributed by atoms with van der Waals surface area (Å²) < 4.78 is 10.5. The van der Waals surface area contributed by atoms with Crippen molar-refractivity contribution < 1.29 is 19.1 Å². The number of hydrogen-bond donors (Lipinski definition) is 2. The van der Waals surface area contributed by atoms with Crippen LogP contribution in [0, 0.1) is 6.92 Å². The lowest BCUT2D eigenvalue weighted by atomic mass is 10.1. The number of primary amides is 1. The van der Waals surface area contributed by atoms with Crippen LogP contribution >= 0.6 is 11.3 Å². The lowest BCUT2D eigenvalue weighted by Gasteiger charge is -2.09. The summed E-state index contributed by atoms with van der Waals surface area (Å²) in [4.78, 5) is 23.6. The summed E-state index contributed by atoms with van der Waals surface area (Å²) in [7, 11) is 3.07. The lowest BCUT2D eigenvalue weighted by molar-refractivity contribution is -0.111. The van der Waals surface area contributed by atoms with Gasteiger partial charge in [-0.15, -0.1) is 11.3 Å². The third-order valence-electron chi connectivity index (χ3n) is 3.31. The molecular formula is C17H18N2O4S. The lowest BCUT2D eigenvalue weighted by Crippen LogP contribution is -2.16. The van der Waals surface area contributed by atoms with E-state index in [0.29, 0.717) is 27.6 Å². The number of carbonyl (C=O) groups is 2. The van der Waals surface area contributed by atoms with E-state index in [1.165, 1.54) is 24.5 Å². The van der Waals surface area contributed by atoms with Crippen LogP contribution in [0.15, 0.2) is 29.7 Å². The smallest absolute Gasteiger partial charge is 0.251 e. The van der Waals surface area contributed by atoms with Crippen molar-refractivity contribution in [3.63, 3.8) is 0 Å². The third-order valence-corrected chi connectivity index (χ3v) is 4.32. The molecule has 0 aliphatic carbocycles. The second-order valence-electron chi connectivity index (χ2n) is 4.89. The minimum absolute atomic E-state index is 0.334. The molecule has 0 atom stereocenters. The first-order valence-electron chi connectivity index (χ1n) is 7.05. The maximum absolute atomic E-state index is 12.1. The van der Waals surface area contributed by atoms with Crippen molar-refractivity contribution in [2.24, 2.45) is 5.73 Å². The van der Waals surface area contributed by atoms with Crippen LogP contribution in [0.3, 0.4) is 0 Å². The van der Waals surface area contributed by atoms with Crippen molar-refractivity contribution in [1.29, 1.82) is 0 Å². The SMILES string of the molecule is COc1cccc(/C=C/C(=O)Nc2scc(C)c2C(N)=O)c1OC. The number of nitrogens with one attached hydrogen (secondary N) is 1. The molecule has 1 aromatic heterocycles. The van der Waals surface area contributed by atoms with Crippen LogP contribution in [0.4, 0.5) is 5.00 Å². The first-order chi connectivity index (χ1) is 11.5. The van der Waals surface area contributed by atoms with Gasteiger partial charge in [0.25, 0.3) is 5.91 Å². The summed E-state index contributed by atoms with van der Waals surface area (Å²) in [5.41, 5.74) is 7.11. The van der Waals surface area contributed by atoms with Gasteiger partial charge in [-0.25, -0.2) is 0 Å². The monoisotopic (exact) mass is 346 g/mol. The van der Waals surface area contributed by atoms with Crippen LogP contribution in [0.25, 0.3) is 6.08 Å². The molecule has 0 unspecified atom stereocenters. The quantitative estimate of drug-likeness (QED) is 0.787. The number of para-hydroxylation sites is 1. The molecule has 0 fully saturated rings. The largest absolute Gasteiger partial charge is 0.493 e. The number of hydrogen-bond acceptors (Lipinski definition) is 5. The summed E-state index contributed by atoms with van der Waals surface area (Å²) in [6.45, 7) is 1.77. The number of carbonyl (C=O) groups excluding carboxylic acids is 2. The molecule has 6 nitrogen and oxygen atoms in total. The molecule has 0 bridgehead atoms. The van der Waals surface area contributed by atoms with E-state index < -0.39 is 5.91 Å². The van der Waals surface area contributed by atoms with Gasteiger partial charge in [0.05, 0.1) is 19.8 Å². The molecule has 1 aromatic carbocycles. The molecule has 7 heteroatoms. The van der Waals surface area contributed by atoms with E-state index in [1.807, 2.05) is 0 Å². The maximum atomic E-state index is 12.1. The van der Waals surface area contributed by atoms with Gasteiger partial charge in [-0.2, -0.15) is 0 Å². The Morgan fingerprint density at radius 1 is 1.25 bits per heavy atom. The average Bonchev–Trinajstić information content (AvgIpc) is 2.92. The Hall–Kier alpha value is -2.80. The van der Waals surface area contributed by atoms with Crippen LogP contribution < -0.4 is 20.5 Å². The average molecular weight is 346 g/mol. The van der Waals surface area contributed by atoms with Crippen LogP contribution in [0.2, 0.25) is 0 Å². The maximum Gasteiger partial charge on any atom is 0.251 e. The second-order valence-corrected chi connectivity index (χ2v) is 5.77. The minimum Gasteiger partial charge on any atom is -0.493 e. The molecule has 0 saturated heterocycles. The Morgan fingerprint density at radius 2 is 2.00 bits per heavy atom. The standard InChI is InChI=1S/C17H18N2O4S/c1-10-9-24-17(14(10)16(18)21)19-13(20)8-7-11-5-4-6-12(22-2)15(11)23-3/h4-9H,1-3H3,(H2,18,21)(H,19,20)/b8-7+. The molecule has 0 aliphatic heterocycles. The predicted octanol–water partition coefficient (Wildman–Crippen LogP) is 2.82. The molecule has 0 aliphatic rings. The fourth-order valence-corrected chi connectivity index (χ4v) is 3.16. The minimum atomic E-state index is -0.567. The Kier molecular flexibility index (Phi) is 5.59. The number of aryl methyl sites for hydroxylation is 1. The zero-order valence-corrected chi connectivity index (χ0v) is 14.4. The van der Waals surface area contributed by atoms with E-state index >= 15 is 0 Å². The molecule has 126 valence electrons. The van der Waals surface area contributed by atoms with Crippen molar-refractivity contribution >= 4 is 34.2 Å². The van der Waals surface area contributed by atoms with E-state index in [4.69, 9.17) is 15.2 Å². The van der Waals surface area contributed by atoms with Crippen molar-refractivity contribution in [1.82, 2.24) is 0 Å². The number of amides is 2. The van der Waals surface area contributed by atoms with E-state index in [1.54, 1.807) is 43.7 Å². The molecule has 3 N–H and O–H groups in total. The number of thiophene rings is 1. The Labute approximate surface area is 143 Å². The molecule has 2 amide bonds. The predicted molar refractivity (Wildman–Crippen MR) is 94.8 cm³/mol. The van der Waals surface area contributed by atoms with E-state index in [9.17, 15) is 9.59 Å². The highest BCUT2D eigenvalue weighted by molar-refractivity contribution is 7.15. The third kappa shape index (κ3) is 3.75. The molecule has 24 heavy (non-hydrogen) atoms. The summed E-state index contributed by atoms with van der Waals surface area (Å²) in [5.74, 6) is 0.172. The highest BCUT2D eigenvalue weighted by Crippen LogP contribution is 2.31. The van der Waals surface area contributed by atoms with E-state index in [2.05, 4.69) is 5.32 Å². The van der Waals surface area contributed by atoms with Crippen molar-refractivity contribution in [3.8, 4) is 11.5 Å². The van der Waals surface area contributed by atoms with Crippen molar-refractivity contribution in [2.45, 2.75) is 6.92 Å². The highest BCUT2D eigenvalue weighted by Gasteiger charge is 2.15. The van der Waals surface area contributed by atoms with Gasteiger partial charge in [-0.3, -0.25) is 9.59 Å². The summed E-state index contributed by atoms with van der Waals surface area (Å²) in [6, 6.07) is 5.37. The summed E-state index contributed by atoms with van der Waals surface area (Å²) in [5, 5.41) is 4.87. The number of benzene rings is 1. The normalized spacial score (nSPS) is 10.6. The molecular weight excluding hydrogens is 328 g/mol. The van der Waals surface area contributed by atoms with E-state index in [0.717, 1.165) is 5.56 Å². The van der Waals surface area contributed by atoms with Crippen molar-refractivity contribution in [2.75, 3.05) is 19.5 Å². The van der Waals surface area contributed by atoms with Gasteiger partial charge < -0.3 is 20.5 Å². The Bertz CT molecular complexity index is 796. The molecule has 0 radical (unpaired) electrons. The Morgan fingerprint density at radius 3 is 2.62 bits per heavy atom. The molecule has 0 spiro atoms. The number of rotatable bonds is 6. The van der Waals surface area contributed by atoms with Crippen LogP contribution in [-0.4, -0.2) is 26.0 Å². The van der Waals surface area contributed by atoms with Crippen LogP contribution in [-0.2, 0) is 4.79 Å². The van der Waals surface area contributed by atoms with Gasteiger partial charge in [0.1, 0.15) is 5.00 Å². The molecule has 1 heterocycles. The zero-order chi connectivity index (χ0) is 17.7. The molecule has 2 rings (SSSR count). The van der Waals surface area contributed by atoms with Gasteiger partial charge in [0.15, 0.2) is 11.5 Å². The number of methoxy groups -OCH3 is 2. The molecule has 0 saturated carbocycles. The number of ether oxygens (including phenoxy) is 2. The van der Waals surface area contributed by atoms with Gasteiger partial charge in [0.2, 0.25) is 5.91 Å². The van der Waals surface area contributed by atoms with Gasteiger partial charge >= 0.3 is 0 Å². The first kappa shape index (κ1) is 17.6. The summed E-state index contributed by atoms with van der Waals surface area (Å²) >= 11 is 1.26. The van der Waals surface area contributed by atoms with Gasteiger partial charge in [-0.05, 0) is 30.0 Å². The van der Waals surface area contributed by atoms with Crippen LogP contribution in [0.5, 0.6) is 11.5 Å². The highest BCUT2D eigenvalue weighted by atomic mass is 32.1. The topological polar surface area (TPSA) is 90.6 Å². The Balaban J connectivity index is 2.19. The fraction of sp³-hybridized carbons (Fsp3) is 0.176. The number of nitrogens with two attached hydrogens (primary N) is 1. The van der Waals surface area contributed by atoms with Crippen molar-refractivity contribution in [3.05, 3.63) is 46.3 Å². The zero-order valence-electron chi connectivity index (χ0n) is 13.6.